The number of hydrogen-bond donors (Lipinski definition) is 5. The molecule has 0 aliphatic carbocycles. The average molecular weight is 588 g/mol. The molecule has 0 spiro atoms. The summed E-state index contributed by atoms with van der Waals surface area (Å²) in [6.07, 6.45) is 10.7. The number of aromatic hydroxyl groups is 5. The van der Waals surface area contributed by atoms with Crippen molar-refractivity contribution in [1.29, 1.82) is 0 Å². The summed E-state index contributed by atoms with van der Waals surface area (Å²) in [4.78, 5) is 26.0. The highest BCUT2D eigenvalue weighted by Gasteiger charge is 2.19. The summed E-state index contributed by atoms with van der Waals surface area (Å²) in [6.45, 7) is 2.05. The van der Waals surface area contributed by atoms with Crippen molar-refractivity contribution in [3.05, 3.63) is 82.5 Å². The van der Waals surface area contributed by atoms with Crippen molar-refractivity contribution in [2.24, 2.45) is 0 Å². The molecule has 1 aromatic heterocycles. The van der Waals surface area contributed by atoms with Crippen LogP contribution in [0.1, 0.15) is 24.8 Å². The van der Waals surface area contributed by atoms with E-state index in [0.717, 1.165) is 67.3 Å². The number of likely N-dealkylation sites (tertiary alicyclic amines) is 1. The van der Waals surface area contributed by atoms with Crippen LogP contribution in [0.25, 0.3) is 28.4 Å². The van der Waals surface area contributed by atoms with Crippen LogP contribution in [0.5, 0.6) is 40.2 Å². The summed E-state index contributed by atoms with van der Waals surface area (Å²) in [7, 11) is 0. The molecule has 1 saturated heterocycles. The molecule has 2 aliphatic rings. The largest absolute Gasteiger partial charge is 0.508 e. The van der Waals surface area contributed by atoms with E-state index in [0.29, 0.717) is 0 Å². The van der Waals surface area contributed by atoms with Crippen LogP contribution < -0.4 is 14.9 Å². The van der Waals surface area contributed by atoms with E-state index >= 15 is 0 Å². The van der Waals surface area contributed by atoms with Crippen LogP contribution in [0.4, 0.5) is 0 Å². The lowest BCUT2D eigenvalue weighted by Crippen LogP contribution is -2.34. The number of fused-ring (bicyclic) bond motifs is 2. The van der Waals surface area contributed by atoms with Crippen LogP contribution in [-0.2, 0) is 4.79 Å². The van der Waals surface area contributed by atoms with Crippen LogP contribution in [0.15, 0.2) is 76.0 Å². The average Bonchev–Trinajstić information content (AvgIpc) is 3.47. The van der Waals surface area contributed by atoms with Crippen LogP contribution in [-0.4, -0.2) is 56.2 Å². The maximum Gasteiger partial charge on any atom is 0.246 e. The van der Waals surface area contributed by atoms with Crippen molar-refractivity contribution in [3.63, 3.8) is 0 Å². The fraction of sp³-hybridized carbons (Fsp3) is 0.188. The molecule has 2 aliphatic heterocycles. The number of benzene rings is 3. The van der Waals surface area contributed by atoms with E-state index in [9.17, 15) is 35.1 Å². The summed E-state index contributed by atoms with van der Waals surface area (Å²) in [6, 6.07) is 11.4. The van der Waals surface area contributed by atoms with Crippen LogP contribution >= 0.6 is 0 Å². The fourth-order valence-corrected chi connectivity index (χ4v) is 4.68. The first kappa shape index (κ1) is 28.9. The minimum Gasteiger partial charge on any atom is -0.508 e. The highest BCUT2D eigenvalue weighted by molar-refractivity contribution is 5.89. The van der Waals surface area contributed by atoms with Gasteiger partial charge in [-0.05, 0) is 55.2 Å². The lowest BCUT2D eigenvalue weighted by atomic mass is 10.1. The van der Waals surface area contributed by atoms with Crippen LogP contribution in [0.3, 0.4) is 0 Å². The van der Waals surface area contributed by atoms with Crippen molar-refractivity contribution in [3.8, 4) is 51.6 Å². The second-order valence-corrected chi connectivity index (χ2v) is 9.87. The van der Waals surface area contributed by atoms with Gasteiger partial charge in [0.05, 0.1) is 0 Å². The maximum absolute atomic E-state index is 12.1. The van der Waals surface area contributed by atoms with Gasteiger partial charge in [-0.3, -0.25) is 9.59 Å². The number of amides is 1. The van der Waals surface area contributed by atoms with Gasteiger partial charge in [0.2, 0.25) is 23.9 Å². The van der Waals surface area contributed by atoms with Crippen molar-refractivity contribution >= 4 is 23.0 Å². The third-order valence-electron chi connectivity index (χ3n) is 6.88. The predicted octanol–water partition coefficient (Wildman–Crippen LogP) is 4.99. The zero-order valence-electron chi connectivity index (χ0n) is 22.9. The molecule has 1 fully saturated rings. The van der Waals surface area contributed by atoms with Gasteiger partial charge in [0.25, 0.3) is 0 Å². The lowest BCUT2D eigenvalue weighted by Gasteiger charge is -2.25. The minimum atomic E-state index is -0.888. The molecule has 0 unspecified atom stereocenters. The molecule has 3 heterocycles. The van der Waals surface area contributed by atoms with Gasteiger partial charge >= 0.3 is 0 Å². The number of carbonyl (C=O) groups is 1. The van der Waals surface area contributed by atoms with Crippen molar-refractivity contribution in [1.82, 2.24) is 4.90 Å². The zero-order chi connectivity index (χ0) is 30.5. The molecule has 0 bridgehead atoms. The monoisotopic (exact) mass is 587 g/mol. The Morgan fingerprint density at radius 3 is 2.33 bits per heavy atom. The lowest BCUT2D eigenvalue weighted by molar-refractivity contribution is -0.126. The van der Waals surface area contributed by atoms with Gasteiger partial charge < -0.3 is 44.3 Å². The SMILES string of the molecule is O=C(C=CC=Cc1ccc2c(c1)OCO2)N1CCCCC1.O=c1c(O)c(-c2ccc(O)c(O)c2)oc2cc(O)cc(O)c12. The normalized spacial score (nSPS) is 14.3. The van der Waals surface area contributed by atoms with Crippen LogP contribution in [0, 0.1) is 0 Å². The van der Waals surface area contributed by atoms with E-state index in [2.05, 4.69) is 0 Å². The van der Waals surface area contributed by atoms with Gasteiger partial charge in [-0.2, -0.15) is 0 Å². The third kappa shape index (κ3) is 6.51. The van der Waals surface area contributed by atoms with E-state index < -0.39 is 22.7 Å². The minimum absolute atomic E-state index is 0.102. The second-order valence-electron chi connectivity index (χ2n) is 9.87. The Hall–Kier alpha value is -5.58. The summed E-state index contributed by atoms with van der Waals surface area (Å²) in [5.74, 6) is -1.06. The topological polar surface area (TPSA) is 170 Å². The van der Waals surface area contributed by atoms with Gasteiger partial charge in [0.15, 0.2) is 28.8 Å². The first-order valence-electron chi connectivity index (χ1n) is 13.5. The summed E-state index contributed by atoms with van der Waals surface area (Å²) in [5, 5.41) is 47.6. The number of piperidine rings is 1. The van der Waals surface area contributed by atoms with Crippen molar-refractivity contribution in [2.45, 2.75) is 19.3 Å². The second kappa shape index (κ2) is 12.5. The third-order valence-corrected chi connectivity index (χ3v) is 6.88. The Morgan fingerprint density at radius 1 is 0.791 bits per heavy atom. The molecule has 11 heteroatoms. The number of carbonyl (C=O) groups excluding carboxylic acids is 1. The van der Waals surface area contributed by atoms with Gasteiger partial charge in [0.1, 0.15) is 22.5 Å². The molecule has 5 N–H and O–H groups in total. The number of phenolic OH excluding ortho intramolecular Hbond substituents is 4. The molecule has 43 heavy (non-hydrogen) atoms. The summed E-state index contributed by atoms with van der Waals surface area (Å²) in [5.41, 5.74) is 0.133. The molecular weight excluding hydrogens is 558 g/mol. The Kier molecular flexibility index (Phi) is 8.42. The molecular formula is C32H29NO10. The highest BCUT2D eigenvalue weighted by Crippen LogP contribution is 2.37. The van der Waals surface area contributed by atoms with Gasteiger partial charge in [0, 0.05) is 36.9 Å². The number of ether oxygens (including phenoxy) is 2. The smallest absolute Gasteiger partial charge is 0.246 e. The maximum atomic E-state index is 12.1. The molecule has 0 saturated carbocycles. The number of nitrogens with zero attached hydrogens (tertiary/aromatic N) is 1. The van der Waals surface area contributed by atoms with Crippen molar-refractivity contribution < 1.29 is 44.2 Å². The summed E-state index contributed by atoms with van der Waals surface area (Å²) < 4.78 is 15.9. The molecule has 3 aromatic carbocycles. The standard InChI is InChI=1S/C17H19NO3.C15H10O7/c19-17(18-10-4-1-5-11-18)7-3-2-6-14-8-9-15-16(12-14)21-13-20-15;16-7-4-10(19)12-11(5-7)22-15(14(21)13(12)20)6-1-2-8(17)9(18)3-6/h2-3,6-9,12H,1,4-5,10-11,13H2;1-5,16-19,21H. The fourth-order valence-electron chi connectivity index (χ4n) is 4.68. The first-order valence-corrected chi connectivity index (χ1v) is 13.5. The Balaban J connectivity index is 0.000000171. The van der Waals surface area contributed by atoms with E-state index in [1.165, 1.54) is 12.5 Å². The number of phenols is 4. The van der Waals surface area contributed by atoms with E-state index in [1.807, 2.05) is 35.3 Å². The molecule has 4 aromatic rings. The van der Waals surface area contributed by atoms with E-state index in [-0.39, 0.29) is 46.5 Å². The molecule has 222 valence electrons. The van der Waals surface area contributed by atoms with Gasteiger partial charge in [-0.25, -0.2) is 0 Å². The highest BCUT2D eigenvalue weighted by atomic mass is 16.7. The summed E-state index contributed by atoms with van der Waals surface area (Å²) >= 11 is 0. The molecule has 0 atom stereocenters. The van der Waals surface area contributed by atoms with Gasteiger partial charge in [-0.15, -0.1) is 0 Å². The first-order chi connectivity index (χ1) is 20.7. The number of hydrogen-bond acceptors (Lipinski definition) is 10. The number of allylic oxidation sites excluding steroid dienone is 2. The van der Waals surface area contributed by atoms with E-state index in [4.69, 9.17) is 13.9 Å². The Labute approximate surface area is 245 Å². The Bertz CT molecular complexity index is 1780. The molecule has 1 amide bonds. The van der Waals surface area contributed by atoms with Crippen molar-refractivity contribution in [2.75, 3.05) is 19.9 Å². The quantitative estimate of drug-likeness (QED) is 0.125. The zero-order valence-corrected chi connectivity index (χ0v) is 22.9. The van der Waals surface area contributed by atoms with Gasteiger partial charge in [-0.1, -0.05) is 24.3 Å². The van der Waals surface area contributed by atoms with E-state index in [1.54, 1.807) is 12.2 Å². The number of rotatable bonds is 4. The van der Waals surface area contributed by atoms with Crippen LogP contribution in [0.2, 0.25) is 0 Å². The molecule has 11 nitrogen and oxygen atoms in total. The predicted molar refractivity (Wildman–Crippen MR) is 157 cm³/mol. The Morgan fingerprint density at radius 2 is 1.56 bits per heavy atom. The molecule has 0 radical (unpaired) electrons. The molecule has 6 rings (SSSR count).